The molecule has 2 aromatic carbocycles. The van der Waals surface area contributed by atoms with Gasteiger partial charge in [-0.15, -0.1) is 0 Å². The van der Waals surface area contributed by atoms with Crippen molar-refractivity contribution in [2.75, 3.05) is 13.2 Å². The molecule has 2 aliphatic carbocycles. The van der Waals surface area contributed by atoms with Crippen molar-refractivity contribution in [1.29, 1.82) is 0 Å². The van der Waals surface area contributed by atoms with Crippen molar-refractivity contribution < 1.29 is 29.3 Å². The van der Waals surface area contributed by atoms with Gasteiger partial charge in [0, 0.05) is 17.9 Å². The third kappa shape index (κ3) is 5.01. The van der Waals surface area contributed by atoms with Crippen LogP contribution in [0.1, 0.15) is 42.7 Å². The van der Waals surface area contributed by atoms with E-state index in [0.29, 0.717) is 25.7 Å². The van der Waals surface area contributed by atoms with Crippen LogP contribution in [0.2, 0.25) is 0 Å². The quantitative estimate of drug-likeness (QED) is 0.512. The highest BCUT2D eigenvalue weighted by atomic mass is 16.5. The Morgan fingerprint density at radius 2 is 1.52 bits per heavy atom. The van der Waals surface area contributed by atoms with Gasteiger partial charge in [-0.05, 0) is 47.9 Å². The largest absolute Gasteiger partial charge is 0.480 e. The van der Waals surface area contributed by atoms with Crippen molar-refractivity contribution in [3.63, 3.8) is 0 Å². The van der Waals surface area contributed by atoms with Crippen LogP contribution in [-0.4, -0.2) is 53.5 Å². The predicted molar refractivity (Wildman–Crippen MR) is 121 cm³/mol. The Morgan fingerprint density at radius 1 is 0.939 bits per heavy atom. The lowest BCUT2D eigenvalue weighted by Gasteiger charge is -2.29. The number of aliphatic hydroxyl groups is 1. The van der Waals surface area contributed by atoms with Gasteiger partial charge >= 0.3 is 12.1 Å². The second-order valence-electron chi connectivity index (χ2n) is 8.60. The molecule has 0 saturated heterocycles. The molecule has 0 unspecified atom stereocenters. The van der Waals surface area contributed by atoms with E-state index in [0.717, 1.165) is 11.1 Å². The van der Waals surface area contributed by atoms with Crippen molar-refractivity contribution >= 4 is 18.0 Å². The fourth-order valence-electron chi connectivity index (χ4n) is 4.78. The van der Waals surface area contributed by atoms with Gasteiger partial charge in [0.1, 0.15) is 12.6 Å². The van der Waals surface area contributed by atoms with Crippen LogP contribution >= 0.6 is 0 Å². The Labute approximate surface area is 192 Å². The fourth-order valence-corrected chi connectivity index (χ4v) is 4.78. The van der Waals surface area contributed by atoms with E-state index < -0.39 is 24.7 Å². The van der Waals surface area contributed by atoms with Crippen molar-refractivity contribution in [3.8, 4) is 11.1 Å². The number of fused-ring (bicyclic) bond motifs is 3. The van der Waals surface area contributed by atoms with E-state index in [1.165, 1.54) is 11.1 Å². The minimum Gasteiger partial charge on any atom is -0.480 e. The Kier molecular flexibility index (Phi) is 6.93. The molecular weight excluding hydrogens is 424 g/mol. The first-order valence-corrected chi connectivity index (χ1v) is 11.2. The number of carbonyl (C=O) groups excluding carboxylic acids is 2. The standard InChI is InChI=1S/C25H28N2O6/c28-13-22(24(30)31)27-23(29)15-9-11-16(12-10-15)26-25(32)33-14-21-19-7-3-1-5-17(19)18-6-2-4-8-20(18)21/h1-8,15-16,21-22,28H,9-14H2,(H,26,32)(H,27,29)(H,30,31)/t15?,16?,22-/m1/s1. The Bertz CT molecular complexity index is 986. The van der Waals surface area contributed by atoms with Crippen molar-refractivity contribution in [1.82, 2.24) is 10.6 Å². The molecule has 0 spiro atoms. The molecule has 0 aromatic heterocycles. The number of rotatable bonds is 7. The summed E-state index contributed by atoms with van der Waals surface area (Å²) in [7, 11) is 0. The number of aliphatic hydroxyl groups excluding tert-OH is 1. The Hall–Kier alpha value is -3.39. The highest BCUT2D eigenvalue weighted by Gasteiger charge is 2.31. The van der Waals surface area contributed by atoms with Crippen LogP contribution in [0.25, 0.3) is 11.1 Å². The van der Waals surface area contributed by atoms with Crippen LogP contribution in [-0.2, 0) is 14.3 Å². The number of carboxylic acid groups (broad SMARTS) is 1. The normalized spacial score (nSPS) is 20.3. The zero-order valence-electron chi connectivity index (χ0n) is 18.2. The first kappa shape index (κ1) is 22.8. The molecular formula is C25H28N2O6. The third-order valence-corrected chi connectivity index (χ3v) is 6.56. The number of carboxylic acids is 1. The van der Waals surface area contributed by atoms with E-state index in [2.05, 4.69) is 34.9 Å². The zero-order valence-corrected chi connectivity index (χ0v) is 18.2. The molecule has 8 heteroatoms. The van der Waals surface area contributed by atoms with E-state index in [-0.39, 0.29) is 30.4 Å². The summed E-state index contributed by atoms with van der Waals surface area (Å²) in [5.41, 5.74) is 4.65. The van der Waals surface area contributed by atoms with Gasteiger partial charge in [-0.3, -0.25) is 4.79 Å². The molecule has 1 fully saturated rings. The average Bonchev–Trinajstić information content (AvgIpc) is 3.15. The summed E-state index contributed by atoms with van der Waals surface area (Å²) in [4.78, 5) is 35.7. The summed E-state index contributed by atoms with van der Waals surface area (Å²) in [6, 6.07) is 14.9. The van der Waals surface area contributed by atoms with Crippen LogP contribution < -0.4 is 10.6 Å². The minimum atomic E-state index is -1.30. The topological polar surface area (TPSA) is 125 Å². The van der Waals surface area contributed by atoms with Crippen LogP contribution in [0.4, 0.5) is 4.79 Å². The lowest BCUT2D eigenvalue weighted by atomic mass is 9.85. The SMILES string of the molecule is O=C(NC1CCC(C(=O)N[C@H](CO)C(=O)O)CC1)OCC1c2ccccc2-c2ccccc21. The second kappa shape index (κ2) is 10.0. The lowest BCUT2D eigenvalue weighted by Crippen LogP contribution is -2.47. The van der Waals surface area contributed by atoms with E-state index in [1.54, 1.807) is 0 Å². The number of ether oxygens (including phenoxy) is 1. The van der Waals surface area contributed by atoms with Crippen LogP contribution in [0.5, 0.6) is 0 Å². The summed E-state index contributed by atoms with van der Waals surface area (Å²) in [5, 5.41) is 23.3. The van der Waals surface area contributed by atoms with Crippen LogP contribution in [0.15, 0.2) is 48.5 Å². The molecule has 33 heavy (non-hydrogen) atoms. The first-order valence-electron chi connectivity index (χ1n) is 11.2. The highest BCUT2D eigenvalue weighted by Crippen LogP contribution is 2.44. The number of carbonyl (C=O) groups is 3. The van der Waals surface area contributed by atoms with Gasteiger partial charge in [-0.25, -0.2) is 9.59 Å². The third-order valence-electron chi connectivity index (χ3n) is 6.56. The van der Waals surface area contributed by atoms with E-state index >= 15 is 0 Å². The van der Waals surface area contributed by atoms with Crippen molar-refractivity contribution in [3.05, 3.63) is 59.7 Å². The van der Waals surface area contributed by atoms with Crippen molar-refractivity contribution in [2.24, 2.45) is 5.92 Å². The summed E-state index contributed by atoms with van der Waals surface area (Å²) in [6.07, 6.45) is 1.77. The van der Waals surface area contributed by atoms with E-state index in [4.69, 9.17) is 14.9 Å². The molecule has 2 aromatic rings. The number of aliphatic carboxylic acids is 1. The number of nitrogens with one attached hydrogen (secondary N) is 2. The van der Waals surface area contributed by atoms with Gasteiger partial charge in [0.2, 0.25) is 5.91 Å². The molecule has 8 nitrogen and oxygen atoms in total. The number of amides is 2. The molecule has 1 atom stereocenters. The molecule has 4 rings (SSSR count). The molecule has 0 bridgehead atoms. The molecule has 1 saturated carbocycles. The maximum absolute atomic E-state index is 12.5. The summed E-state index contributed by atoms with van der Waals surface area (Å²) >= 11 is 0. The number of hydrogen-bond acceptors (Lipinski definition) is 5. The number of hydrogen-bond donors (Lipinski definition) is 4. The number of benzene rings is 2. The monoisotopic (exact) mass is 452 g/mol. The average molecular weight is 453 g/mol. The lowest BCUT2D eigenvalue weighted by molar-refractivity contribution is -0.143. The maximum atomic E-state index is 12.5. The zero-order chi connectivity index (χ0) is 23.4. The fraction of sp³-hybridized carbons (Fsp3) is 0.400. The van der Waals surface area contributed by atoms with E-state index in [1.807, 2.05) is 24.3 Å². The van der Waals surface area contributed by atoms with Gasteiger partial charge in [-0.2, -0.15) is 0 Å². The molecule has 0 radical (unpaired) electrons. The smallest absolute Gasteiger partial charge is 0.407 e. The maximum Gasteiger partial charge on any atom is 0.407 e. The molecule has 0 heterocycles. The predicted octanol–water partition coefficient (Wildman–Crippen LogP) is 2.65. The van der Waals surface area contributed by atoms with Gasteiger partial charge in [0.05, 0.1) is 6.61 Å². The van der Waals surface area contributed by atoms with Gasteiger partial charge in [0.15, 0.2) is 0 Å². The second-order valence-corrected chi connectivity index (χ2v) is 8.60. The summed E-state index contributed by atoms with van der Waals surface area (Å²) in [6.45, 7) is -0.408. The van der Waals surface area contributed by atoms with Gasteiger partial charge in [-0.1, -0.05) is 48.5 Å². The van der Waals surface area contributed by atoms with Crippen LogP contribution in [0, 0.1) is 5.92 Å². The minimum absolute atomic E-state index is 0.00344. The van der Waals surface area contributed by atoms with E-state index in [9.17, 15) is 14.4 Å². The molecule has 0 aliphatic heterocycles. The first-order chi connectivity index (χ1) is 16.0. The highest BCUT2D eigenvalue weighted by molar-refractivity contribution is 5.85. The molecule has 2 aliphatic rings. The van der Waals surface area contributed by atoms with Crippen LogP contribution in [0.3, 0.4) is 0 Å². The summed E-state index contributed by atoms with van der Waals surface area (Å²) in [5.74, 6) is -1.98. The summed E-state index contributed by atoms with van der Waals surface area (Å²) < 4.78 is 5.59. The van der Waals surface area contributed by atoms with Crippen molar-refractivity contribution in [2.45, 2.75) is 43.7 Å². The Morgan fingerprint density at radius 3 is 2.06 bits per heavy atom. The number of alkyl carbamates (subject to hydrolysis) is 1. The Balaban J connectivity index is 1.26. The van der Waals surface area contributed by atoms with Gasteiger partial charge in [0.25, 0.3) is 0 Å². The molecule has 174 valence electrons. The molecule has 2 amide bonds. The van der Waals surface area contributed by atoms with Gasteiger partial charge < -0.3 is 25.6 Å². The molecule has 4 N–H and O–H groups in total.